The number of nitrogens with one attached hydrogen (secondary N) is 1. The number of carbonyl (C=O) groups excluding carboxylic acids is 3. The van der Waals surface area contributed by atoms with Gasteiger partial charge in [0.25, 0.3) is 11.8 Å². The SMILES string of the molecule is O=C1NC(=O)N(c2ccc(Br)cc2)C(=O)/C1=C/c1cc(I)c(OCc2ccccc2)c(I)c1. The van der Waals surface area contributed by atoms with Crippen LogP contribution in [0.3, 0.4) is 0 Å². The van der Waals surface area contributed by atoms with Crippen molar-refractivity contribution >= 4 is 90.7 Å². The van der Waals surface area contributed by atoms with E-state index in [1.54, 1.807) is 24.3 Å². The topological polar surface area (TPSA) is 75.7 Å². The predicted octanol–water partition coefficient (Wildman–Crippen LogP) is 5.90. The molecule has 3 aromatic rings. The van der Waals surface area contributed by atoms with E-state index in [4.69, 9.17) is 4.74 Å². The van der Waals surface area contributed by atoms with Crippen LogP contribution in [-0.2, 0) is 16.2 Å². The van der Waals surface area contributed by atoms with E-state index in [-0.39, 0.29) is 5.57 Å². The molecule has 3 aromatic carbocycles. The highest BCUT2D eigenvalue weighted by Crippen LogP contribution is 2.31. The van der Waals surface area contributed by atoms with Crippen LogP contribution in [-0.4, -0.2) is 17.8 Å². The van der Waals surface area contributed by atoms with E-state index >= 15 is 0 Å². The largest absolute Gasteiger partial charge is 0.487 e. The highest BCUT2D eigenvalue weighted by atomic mass is 127. The van der Waals surface area contributed by atoms with Crippen LogP contribution in [0.15, 0.2) is 76.8 Å². The van der Waals surface area contributed by atoms with E-state index in [1.165, 1.54) is 6.08 Å². The van der Waals surface area contributed by atoms with Gasteiger partial charge in [-0.15, -0.1) is 0 Å². The van der Waals surface area contributed by atoms with Crippen LogP contribution >= 0.6 is 61.1 Å². The van der Waals surface area contributed by atoms with E-state index in [0.717, 1.165) is 27.8 Å². The first kappa shape index (κ1) is 23.9. The number of benzene rings is 3. The molecule has 9 heteroatoms. The zero-order chi connectivity index (χ0) is 23.5. The molecule has 0 bridgehead atoms. The number of imide groups is 2. The third-order valence-corrected chi connectivity index (χ3v) is 6.88. The summed E-state index contributed by atoms with van der Waals surface area (Å²) in [5.74, 6) is -0.679. The van der Waals surface area contributed by atoms with Gasteiger partial charge in [-0.05, 0) is 98.8 Å². The first-order valence-electron chi connectivity index (χ1n) is 9.66. The summed E-state index contributed by atoms with van der Waals surface area (Å²) in [7, 11) is 0. The first-order chi connectivity index (χ1) is 15.8. The quantitative estimate of drug-likeness (QED) is 0.202. The summed E-state index contributed by atoms with van der Waals surface area (Å²) in [6, 6.07) is 19.4. The summed E-state index contributed by atoms with van der Waals surface area (Å²) in [4.78, 5) is 38.8. The molecule has 0 radical (unpaired) electrons. The summed E-state index contributed by atoms with van der Waals surface area (Å²) < 4.78 is 8.49. The van der Waals surface area contributed by atoms with Crippen LogP contribution in [0.2, 0.25) is 0 Å². The molecule has 1 heterocycles. The number of rotatable bonds is 5. The van der Waals surface area contributed by atoms with Crippen LogP contribution in [0.25, 0.3) is 6.08 Å². The Morgan fingerprint density at radius 3 is 2.21 bits per heavy atom. The molecule has 0 aliphatic carbocycles. The highest BCUT2D eigenvalue weighted by Gasteiger charge is 2.36. The minimum Gasteiger partial charge on any atom is -0.487 e. The number of ether oxygens (including phenoxy) is 1. The second-order valence-electron chi connectivity index (χ2n) is 7.02. The van der Waals surface area contributed by atoms with Gasteiger partial charge in [-0.25, -0.2) is 9.69 Å². The van der Waals surface area contributed by atoms with Gasteiger partial charge in [-0.2, -0.15) is 0 Å². The monoisotopic (exact) mass is 728 g/mol. The van der Waals surface area contributed by atoms with Gasteiger partial charge in [-0.3, -0.25) is 14.9 Å². The summed E-state index contributed by atoms with van der Waals surface area (Å²) >= 11 is 7.66. The number of barbiturate groups is 1. The number of hydrogen-bond donors (Lipinski definition) is 1. The zero-order valence-corrected chi connectivity index (χ0v) is 22.8. The van der Waals surface area contributed by atoms with E-state index in [2.05, 4.69) is 66.4 Å². The summed E-state index contributed by atoms with van der Waals surface area (Å²) in [5.41, 5.74) is 1.95. The van der Waals surface area contributed by atoms with E-state index in [9.17, 15) is 14.4 Å². The lowest BCUT2D eigenvalue weighted by Gasteiger charge is -2.26. The standard InChI is InChI=1S/C24H15BrI2N2O4/c25-16-6-8-17(9-7-16)29-23(31)18(22(30)28-24(29)32)10-15-11-19(26)21(20(27)12-15)33-13-14-4-2-1-3-5-14/h1-12H,13H2,(H,28,30,32)/b18-10+. The number of halogens is 3. The lowest BCUT2D eigenvalue weighted by Crippen LogP contribution is -2.54. The normalized spacial score (nSPS) is 15.1. The Morgan fingerprint density at radius 1 is 0.939 bits per heavy atom. The minimum atomic E-state index is -0.779. The molecule has 0 unspecified atom stereocenters. The van der Waals surface area contributed by atoms with Crippen LogP contribution in [0.1, 0.15) is 11.1 Å². The first-order valence-corrected chi connectivity index (χ1v) is 12.6. The average Bonchev–Trinajstić information content (AvgIpc) is 2.78. The number of amides is 4. The fourth-order valence-corrected chi connectivity index (χ4v) is 5.57. The van der Waals surface area contributed by atoms with Gasteiger partial charge in [-0.1, -0.05) is 46.3 Å². The molecule has 0 aromatic heterocycles. The molecule has 0 spiro atoms. The smallest absolute Gasteiger partial charge is 0.335 e. The highest BCUT2D eigenvalue weighted by molar-refractivity contribution is 14.1. The Kier molecular flexibility index (Phi) is 7.49. The van der Waals surface area contributed by atoms with Gasteiger partial charge in [0.2, 0.25) is 0 Å². The van der Waals surface area contributed by atoms with Gasteiger partial charge >= 0.3 is 6.03 Å². The van der Waals surface area contributed by atoms with Crippen LogP contribution in [0, 0.1) is 7.14 Å². The summed E-state index contributed by atoms with van der Waals surface area (Å²) in [5, 5.41) is 2.24. The molecule has 1 aliphatic heterocycles. The zero-order valence-electron chi connectivity index (χ0n) is 16.8. The molecule has 6 nitrogen and oxygen atoms in total. The van der Waals surface area contributed by atoms with Gasteiger partial charge in [0.15, 0.2) is 0 Å². The fourth-order valence-electron chi connectivity index (χ4n) is 3.18. The summed E-state index contributed by atoms with van der Waals surface area (Å²) in [6.07, 6.45) is 1.49. The molecular weight excluding hydrogens is 714 g/mol. The Morgan fingerprint density at radius 2 is 1.58 bits per heavy atom. The molecule has 0 saturated carbocycles. The molecule has 4 rings (SSSR count). The average molecular weight is 729 g/mol. The molecule has 1 fully saturated rings. The van der Waals surface area contributed by atoms with Gasteiger partial charge in [0, 0.05) is 4.47 Å². The second-order valence-corrected chi connectivity index (χ2v) is 10.3. The Labute approximate surface area is 225 Å². The fraction of sp³-hybridized carbons (Fsp3) is 0.0417. The van der Waals surface area contributed by atoms with Crippen molar-refractivity contribution in [1.82, 2.24) is 5.32 Å². The number of anilines is 1. The Hall–Kier alpha value is -2.25. The van der Waals surface area contributed by atoms with Crippen molar-refractivity contribution in [3.05, 3.63) is 95.0 Å². The molecular formula is C24H15BrI2N2O4. The van der Waals surface area contributed by atoms with Crippen molar-refractivity contribution in [3.63, 3.8) is 0 Å². The van der Waals surface area contributed by atoms with Gasteiger partial charge < -0.3 is 4.74 Å². The molecule has 1 saturated heterocycles. The molecule has 33 heavy (non-hydrogen) atoms. The summed E-state index contributed by atoms with van der Waals surface area (Å²) in [6.45, 7) is 0.429. The number of urea groups is 1. The lowest BCUT2D eigenvalue weighted by molar-refractivity contribution is -0.122. The molecule has 166 valence electrons. The van der Waals surface area contributed by atoms with Crippen molar-refractivity contribution in [3.8, 4) is 5.75 Å². The van der Waals surface area contributed by atoms with Gasteiger partial charge in [0.05, 0.1) is 12.8 Å². The van der Waals surface area contributed by atoms with Crippen molar-refractivity contribution < 1.29 is 19.1 Å². The van der Waals surface area contributed by atoms with E-state index in [0.29, 0.717) is 17.9 Å². The Balaban J connectivity index is 1.61. The molecule has 0 atom stereocenters. The van der Waals surface area contributed by atoms with E-state index in [1.807, 2.05) is 42.5 Å². The maximum atomic E-state index is 13.1. The van der Waals surface area contributed by atoms with Crippen LogP contribution in [0.4, 0.5) is 10.5 Å². The van der Waals surface area contributed by atoms with Gasteiger partial charge in [0.1, 0.15) is 17.9 Å². The minimum absolute atomic E-state index is 0.123. The maximum absolute atomic E-state index is 13.1. The van der Waals surface area contributed by atoms with Crippen LogP contribution < -0.4 is 15.0 Å². The second kappa shape index (κ2) is 10.3. The predicted molar refractivity (Wildman–Crippen MR) is 146 cm³/mol. The van der Waals surface area contributed by atoms with Crippen molar-refractivity contribution in [2.75, 3.05) is 4.90 Å². The van der Waals surface area contributed by atoms with Crippen molar-refractivity contribution in [2.45, 2.75) is 6.61 Å². The van der Waals surface area contributed by atoms with E-state index < -0.39 is 17.8 Å². The third-order valence-electron chi connectivity index (χ3n) is 4.74. The Bertz CT molecular complexity index is 1250. The number of hydrogen-bond acceptors (Lipinski definition) is 4. The molecule has 1 N–H and O–H groups in total. The maximum Gasteiger partial charge on any atom is 0.335 e. The van der Waals surface area contributed by atoms with Crippen molar-refractivity contribution in [1.29, 1.82) is 0 Å². The van der Waals surface area contributed by atoms with Crippen LogP contribution in [0.5, 0.6) is 5.75 Å². The van der Waals surface area contributed by atoms with Crippen molar-refractivity contribution in [2.24, 2.45) is 0 Å². The third kappa shape index (κ3) is 5.46. The lowest BCUT2D eigenvalue weighted by atomic mass is 10.1. The molecule has 1 aliphatic rings. The number of nitrogens with zero attached hydrogens (tertiary/aromatic N) is 1. The molecule has 4 amide bonds. The number of carbonyl (C=O) groups is 3.